The summed E-state index contributed by atoms with van der Waals surface area (Å²) in [6, 6.07) is 0.283. The molecule has 2 rings (SSSR count). The molecule has 0 aromatic heterocycles. The van der Waals surface area contributed by atoms with Crippen LogP contribution in [0, 0.1) is 0 Å². The van der Waals surface area contributed by atoms with Gasteiger partial charge in [-0.25, -0.2) is 0 Å². The van der Waals surface area contributed by atoms with Crippen LogP contribution in [-0.4, -0.2) is 30.4 Å². The van der Waals surface area contributed by atoms with Gasteiger partial charge in [0.2, 0.25) is 5.91 Å². The van der Waals surface area contributed by atoms with Crippen LogP contribution in [0.1, 0.15) is 45.4 Å². The van der Waals surface area contributed by atoms with E-state index in [0.29, 0.717) is 6.04 Å². The van der Waals surface area contributed by atoms with Crippen LogP contribution >= 0.6 is 0 Å². The van der Waals surface area contributed by atoms with Gasteiger partial charge in [0.1, 0.15) is 6.04 Å². The minimum absolute atomic E-state index is 0.106. The van der Waals surface area contributed by atoms with Gasteiger partial charge in [-0.3, -0.25) is 9.79 Å². The summed E-state index contributed by atoms with van der Waals surface area (Å²) in [5.74, 6) is 1.12. The Balaban J connectivity index is 1.77. The molecule has 16 heavy (non-hydrogen) atoms. The molecule has 2 N–H and O–H groups in total. The third-order valence-electron chi connectivity index (χ3n) is 3.07. The highest BCUT2D eigenvalue weighted by Gasteiger charge is 2.25. The van der Waals surface area contributed by atoms with E-state index < -0.39 is 0 Å². The molecular weight excluding hydrogens is 202 g/mol. The van der Waals surface area contributed by atoms with Crippen molar-refractivity contribution in [2.45, 2.75) is 57.5 Å². The largest absolute Gasteiger partial charge is 0.362 e. The molecule has 4 heteroatoms. The van der Waals surface area contributed by atoms with Crippen molar-refractivity contribution in [2.75, 3.05) is 6.54 Å². The van der Waals surface area contributed by atoms with Gasteiger partial charge in [0.05, 0.1) is 5.84 Å². The number of aliphatic imine (C=N–C) groups is 1. The number of amides is 1. The average Bonchev–Trinajstić information content (AvgIpc) is 3.05. The van der Waals surface area contributed by atoms with Crippen molar-refractivity contribution in [3.8, 4) is 0 Å². The molecule has 1 atom stereocenters. The number of nitrogens with zero attached hydrogens (tertiary/aromatic N) is 1. The molecule has 1 unspecified atom stereocenters. The summed E-state index contributed by atoms with van der Waals surface area (Å²) >= 11 is 0. The number of carbonyl (C=O) groups is 1. The maximum absolute atomic E-state index is 11.7. The molecule has 0 saturated heterocycles. The van der Waals surface area contributed by atoms with Crippen LogP contribution in [0.15, 0.2) is 4.99 Å². The molecule has 0 aromatic carbocycles. The molecular formula is C12H21N3O. The van der Waals surface area contributed by atoms with Gasteiger partial charge in [-0.15, -0.1) is 0 Å². The maximum Gasteiger partial charge on any atom is 0.242 e. The van der Waals surface area contributed by atoms with E-state index in [1.54, 1.807) is 0 Å². The van der Waals surface area contributed by atoms with Crippen molar-refractivity contribution in [1.82, 2.24) is 10.6 Å². The number of amidine groups is 1. The lowest BCUT2D eigenvalue weighted by molar-refractivity contribution is -0.122. The van der Waals surface area contributed by atoms with Crippen molar-refractivity contribution >= 4 is 11.7 Å². The Bertz CT molecular complexity index is 284. The summed E-state index contributed by atoms with van der Waals surface area (Å²) in [4.78, 5) is 16.2. The average molecular weight is 223 g/mol. The topological polar surface area (TPSA) is 53.5 Å². The normalized spacial score (nSPS) is 22.9. The summed E-state index contributed by atoms with van der Waals surface area (Å²) in [5.41, 5.74) is 0. The number of hydrogen-bond donors (Lipinski definition) is 2. The monoisotopic (exact) mass is 223 g/mol. The SMILES string of the molecule is CC(NC1=NCCCCC1)C(=O)NC1CC1. The minimum Gasteiger partial charge on any atom is -0.362 e. The van der Waals surface area contributed by atoms with E-state index in [9.17, 15) is 4.79 Å². The zero-order chi connectivity index (χ0) is 11.4. The first-order chi connectivity index (χ1) is 7.75. The number of hydrogen-bond acceptors (Lipinski definition) is 3. The van der Waals surface area contributed by atoms with Crippen LogP contribution in [0.4, 0.5) is 0 Å². The fraction of sp³-hybridized carbons (Fsp3) is 0.833. The van der Waals surface area contributed by atoms with E-state index in [2.05, 4.69) is 15.6 Å². The molecule has 1 saturated carbocycles. The van der Waals surface area contributed by atoms with Crippen LogP contribution in [-0.2, 0) is 4.79 Å². The van der Waals surface area contributed by atoms with Crippen LogP contribution in [0.25, 0.3) is 0 Å². The Morgan fingerprint density at radius 1 is 1.38 bits per heavy atom. The van der Waals surface area contributed by atoms with E-state index in [1.165, 1.54) is 19.3 Å². The fourth-order valence-corrected chi connectivity index (χ4v) is 1.86. The van der Waals surface area contributed by atoms with E-state index in [0.717, 1.165) is 31.6 Å². The molecule has 1 aliphatic carbocycles. The van der Waals surface area contributed by atoms with Crippen molar-refractivity contribution in [1.29, 1.82) is 0 Å². The zero-order valence-corrected chi connectivity index (χ0v) is 9.96. The first kappa shape index (κ1) is 11.4. The van der Waals surface area contributed by atoms with Gasteiger partial charge < -0.3 is 10.6 Å². The third-order valence-corrected chi connectivity index (χ3v) is 3.07. The van der Waals surface area contributed by atoms with E-state index in [4.69, 9.17) is 0 Å². The van der Waals surface area contributed by atoms with E-state index in [-0.39, 0.29) is 11.9 Å². The summed E-state index contributed by atoms with van der Waals surface area (Å²) < 4.78 is 0. The van der Waals surface area contributed by atoms with Crippen molar-refractivity contribution in [3.63, 3.8) is 0 Å². The van der Waals surface area contributed by atoms with Gasteiger partial charge in [0.15, 0.2) is 0 Å². The second-order valence-corrected chi connectivity index (χ2v) is 4.79. The first-order valence-electron chi connectivity index (χ1n) is 6.36. The van der Waals surface area contributed by atoms with Crippen molar-refractivity contribution in [3.05, 3.63) is 0 Å². The molecule has 1 amide bonds. The highest BCUT2D eigenvalue weighted by Crippen LogP contribution is 2.18. The van der Waals surface area contributed by atoms with Crippen LogP contribution in [0.3, 0.4) is 0 Å². The Labute approximate surface area is 96.9 Å². The molecule has 1 fully saturated rings. The summed E-state index contributed by atoms with van der Waals surface area (Å²) in [6.07, 6.45) is 6.87. The molecule has 4 nitrogen and oxygen atoms in total. The smallest absolute Gasteiger partial charge is 0.242 e. The Kier molecular flexibility index (Phi) is 3.80. The Morgan fingerprint density at radius 3 is 2.94 bits per heavy atom. The summed E-state index contributed by atoms with van der Waals surface area (Å²) in [5, 5.41) is 6.23. The Morgan fingerprint density at radius 2 is 2.19 bits per heavy atom. The molecule has 0 bridgehead atoms. The molecule has 0 aromatic rings. The van der Waals surface area contributed by atoms with Gasteiger partial charge in [0, 0.05) is 19.0 Å². The van der Waals surface area contributed by atoms with E-state index >= 15 is 0 Å². The predicted molar refractivity (Wildman–Crippen MR) is 64.5 cm³/mol. The fourth-order valence-electron chi connectivity index (χ4n) is 1.86. The second-order valence-electron chi connectivity index (χ2n) is 4.79. The van der Waals surface area contributed by atoms with Crippen LogP contribution < -0.4 is 10.6 Å². The van der Waals surface area contributed by atoms with Crippen molar-refractivity contribution < 1.29 is 4.79 Å². The van der Waals surface area contributed by atoms with Crippen LogP contribution in [0.5, 0.6) is 0 Å². The molecule has 0 spiro atoms. The highest BCUT2D eigenvalue weighted by atomic mass is 16.2. The van der Waals surface area contributed by atoms with Gasteiger partial charge >= 0.3 is 0 Å². The van der Waals surface area contributed by atoms with Gasteiger partial charge in [-0.05, 0) is 32.6 Å². The lowest BCUT2D eigenvalue weighted by Crippen LogP contribution is -2.45. The first-order valence-corrected chi connectivity index (χ1v) is 6.36. The quantitative estimate of drug-likeness (QED) is 0.755. The zero-order valence-electron chi connectivity index (χ0n) is 9.96. The lowest BCUT2D eigenvalue weighted by Gasteiger charge is -2.16. The van der Waals surface area contributed by atoms with Gasteiger partial charge in [-0.1, -0.05) is 6.42 Å². The predicted octanol–water partition coefficient (Wildman–Crippen LogP) is 1.22. The number of carbonyl (C=O) groups excluding carboxylic acids is 1. The highest BCUT2D eigenvalue weighted by molar-refractivity contribution is 5.90. The Hall–Kier alpha value is -1.06. The standard InChI is InChI=1S/C12H21N3O/c1-9(12(16)15-10-6-7-10)14-11-5-3-2-4-8-13-11/h9-10H,2-8H2,1H3,(H,13,14)(H,15,16). The summed E-state index contributed by atoms with van der Waals surface area (Å²) in [7, 11) is 0. The second kappa shape index (κ2) is 5.32. The molecule has 0 radical (unpaired) electrons. The minimum atomic E-state index is -0.155. The van der Waals surface area contributed by atoms with Gasteiger partial charge in [-0.2, -0.15) is 0 Å². The molecule has 2 aliphatic rings. The number of rotatable bonds is 3. The van der Waals surface area contributed by atoms with E-state index in [1.807, 2.05) is 6.92 Å². The van der Waals surface area contributed by atoms with Crippen LogP contribution in [0.2, 0.25) is 0 Å². The number of nitrogens with one attached hydrogen (secondary N) is 2. The van der Waals surface area contributed by atoms with Crippen molar-refractivity contribution in [2.24, 2.45) is 4.99 Å². The molecule has 1 aliphatic heterocycles. The summed E-state index contributed by atoms with van der Waals surface area (Å²) in [6.45, 7) is 2.81. The molecule has 1 heterocycles. The molecule has 90 valence electrons. The lowest BCUT2D eigenvalue weighted by atomic mass is 10.2. The van der Waals surface area contributed by atoms with Gasteiger partial charge in [0.25, 0.3) is 0 Å². The maximum atomic E-state index is 11.7. The third kappa shape index (κ3) is 3.51.